The molecular weight excluding hydrogens is 388 g/mol. The van der Waals surface area contributed by atoms with Crippen LogP contribution in [0.25, 0.3) is 0 Å². The van der Waals surface area contributed by atoms with Crippen LogP contribution in [-0.4, -0.2) is 29.9 Å². The zero-order valence-electron chi connectivity index (χ0n) is 15.9. The Morgan fingerprint density at radius 1 is 1.14 bits per heavy atom. The van der Waals surface area contributed by atoms with E-state index in [0.29, 0.717) is 5.82 Å². The van der Waals surface area contributed by atoms with Gasteiger partial charge in [-0.1, -0.05) is 36.4 Å². The molecule has 0 aliphatic heterocycles. The second kappa shape index (κ2) is 7.81. The number of hydrogen-bond acceptors (Lipinski definition) is 4. The van der Waals surface area contributed by atoms with E-state index < -0.39 is 16.1 Å². The summed E-state index contributed by atoms with van der Waals surface area (Å²) in [7, 11) is -1.77. The van der Waals surface area contributed by atoms with Gasteiger partial charge in [0.1, 0.15) is 11.9 Å². The highest BCUT2D eigenvalue weighted by atomic mass is 32.2. The number of aryl methyl sites for hydroxylation is 1. The van der Waals surface area contributed by atoms with Gasteiger partial charge in [0.05, 0.1) is 4.90 Å². The Morgan fingerprint density at radius 3 is 2.55 bits per heavy atom. The molecule has 0 radical (unpaired) electrons. The summed E-state index contributed by atoms with van der Waals surface area (Å²) in [5.74, 6) is 0.314. The van der Waals surface area contributed by atoms with Crippen LogP contribution in [-0.2, 0) is 17.1 Å². The van der Waals surface area contributed by atoms with E-state index in [1.807, 2.05) is 48.1 Å². The maximum Gasteiger partial charge on any atom is 0.252 e. The maximum absolute atomic E-state index is 13.0. The van der Waals surface area contributed by atoms with Crippen molar-refractivity contribution < 1.29 is 13.2 Å². The van der Waals surface area contributed by atoms with Crippen LogP contribution >= 0.6 is 0 Å². The Labute approximate surface area is 169 Å². The lowest BCUT2D eigenvalue weighted by molar-refractivity contribution is 0.0941. The fraction of sp³-hybridized carbons (Fsp3) is 0.238. The van der Waals surface area contributed by atoms with Gasteiger partial charge in [-0.2, -0.15) is 0 Å². The lowest BCUT2D eigenvalue weighted by atomic mass is 10.1. The summed E-state index contributed by atoms with van der Waals surface area (Å²) < 4.78 is 29.4. The lowest BCUT2D eigenvalue weighted by Crippen LogP contribution is -2.31. The first kappa shape index (κ1) is 19.4. The van der Waals surface area contributed by atoms with E-state index in [1.165, 1.54) is 12.1 Å². The van der Waals surface area contributed by atoms with E-state index >= 15 is 0 Å². The summed E-state index contributed by atoms with van der Waals surface area (Å²) in [5.41, 5.74) is 1.16. The molecule has 1 saturated carbocycles. The first-order valence-corrected chi connectivity index (χ1v) is 10.9. The quantitative estimate of drug-likeness (QED) is 0.625. The number of rotatable bonds is 7. The van der Waals surface area contributed by atoms with Crippen molar-refractivity contribution in [3.8, 4) is 0 Å². The number of benzene rings is 2. The van der Waals surface area contributed by atoms with Crippen LogP contribution in [0.15, 0.2) is 71.9 Å². The highest BCUT2D eigenvalue weighted by Crippen LogP contribution is 2.24. The van der Waals surface area contributed by atoms with Crippen molar-refractivity contribution in [3.63, 3.8) is 0 Å². The summed E-state index contributed by atoms with van der Waals surface area (Å²) in [5, 5.41) is 2.99. The summed E-state index contributed by atoms with van der Waals surface area (Å²) >= 11 is 0. The second-order valence-corrected chi connectivity index (χ2v) is 8.85. The molecule has 1 amide bonds. The van der Waals surface area contributed by atoms with Crippen LogP contribution in [0.4, 0.5) is 0 Å². The molecule has 1 atom stereocenters. The number of amides is 1. The van der Waals surface area contributed by atoms with E-state index in [-0.39, 0.29) is 22.4 Å². The minimum absolute atomic E-state index is 0.00311. The van der Waals surface area contributed by atoms with Crippen LogP contribution < -0.4 is 10.0 Å². The summed E-state index contributed by atoms with van der Waals surface area (Å²) in [6.45, 7) is 0. The molecule has 0 unspecified atom stereocenters. The maximum atomic E-state index is 13.0. The molecule has 1 aliphatic carbocycles. The largest absolute Gasteiger partial charge is 0.338 e. The Hall–Kier alpha value is -2.97. The van der Waals surface area contributed by atoms with Crippen molar-refractivity contribution in [2.75, 3.05) is 0 Å². The first-order valence-electron chi connectivity index (χ1n) is 9.39. The zero-order valence-corrected chi connectivity index (χ0v) is 16.8. The lowest BCUT2D eigenvalue weighted by Gasteiger charge is -2.19. The number of nitrogens with one attached hydrogen (secondary N) is 2. The molecule has 3 aromatic rings. The Balaban J connectivity index is 1.61. The zero-order chi connectivity index (χ0) is 20.4. The van der Waals surface area contributed by atoms with Crippen molar-refractivity contribution in [2.24, 2.45) is 7.05 Å². The molecule has 1 fully saturated rings. The van der Waals surface area contributed by atoms with Gasteiger partial charge in [-0.25, -0.2) is 18.1 Å². The van der Waals surface area contributed by atoms with Crippen LogP contribution in [0.1, 0.15) is 40.6 Å². The Kier molecular flexibility index (Phi) is 5.21. The van der Waals surface area contributed by atoms with Gasteiger partial charge in [0.15, 0.2) is 0 Å². The van der Waals surface area contributed by atoms with Crippen LogP contribution in [0.3, 0.4) is 0 Å². The van der Waals surface area contributed by atoms with Crippen molar-refractivity contribution in [1.82, 2.24) is 19.6 Å². The number of nitrogens with zero attached hydrogens (tertiary/aromatic N) is 2. The molecule has 150 valence electrons. The Bertz CT molecular complexity index is 1120. The van der Waals surface area contributed by atoms with Crippen molar-refractivity contribution in [3.05, 3.63) is 83.9 Å². The van der Waals surface area contributed by atoms with Gasteiger partial charge in [-0.3, -0.25) is 4.79 Å². The van der Waals surface area contributed by atoms with Crippen LogP contribution in [0.5, 0.6) is 0 Å². The summed E-state index contributed by atoms with van der Waals surface area (Å²) in [4.78, 5) is 17.5. The first-order chi connectivity index (χ1) is 13.9. The highest BCUT2D eigenvalue weighted by Gasteiger charge is 2.28. The van der Waals surface area contributed by atoms with E-state index in [1.54, 1.807) is 18.3 Å². The van der Waals surface area contributed by atoms with E-state index in [9.17, 15) is 13.2 Å². The molecule has 0 spiro atoms. The standard InChI is InChI=1S/C21H22N4O3S/c1-25-13-12-22-20(25)19(15-6-3-2-4-7-15)23-21(26)16-8-5-9-18(14-16)29(27,28)24-17-10-11-17/h2-9,12-14,17,19,24H,10-11H2,1H3,(H,23,26)/t19-/m1/s1. The highest BCUT2D eigenvalue weighted by molar-refractivity contribution is 7.89. The summed E-state index contributed by atoms with van der Waals surface area (Å²) in [6.07, 6.45) is 5.19. The van der Waals surface area contributed by atoms with Crippen LogP contribution in [0, 0.1) is 0 Å². The second-order valence-electron chi connectivity index (χ2n) is 7.14. The monoisotopic (exact) mass is 410 g/mol. The predicted octanol–water partition coefficient (Wildman–Crippen LogP) is 2.38. The molecule has 4 rings (SSSR count). The van der Waals surface area contributed by atoms with Gasteiger partial charge in [-0.05, 0) is 36.6 Å². The average Bonchev–Trinajstić information content (AvgIpc) is 3.43. The number of imidazole rings is 1. The molecule has 0 bridgehead atoms. The van der Waals surface area contributed by atoms with Gasteiger partial charge in [0.2, 0.25) is 10.0 Å². The molecule has 2 aromatic carbocycles. The molecule has 7 nitrogen and oxygen atoms in total. The third kappa shape index (κ3) is 4.38. The Morgan fingerprint density at radius 2 is 1.90 bits per heavy atom. The van der Waals surface area contributed by atoms with Gasteiger partial charge in [-0.15, -0.1) is 0 Å². The number of carbonyl (C=O) groups is 1. The van der Waals surface area contributed by atoms with E-state index in [4.69, 9.17) is 0 Å². The topological polar surface area (TPSA) is 93.1 Å². The van der Waals surface area contributed by atoms with E-state index in [0.717, 1.165) is 18.4 Å². The van der Waals surface area contributed by atoms with Crippen molar-refractivity contribution >= 4 is 15.9 Å². The fourth-order valence-corrected chi connectivity index (χ4v) is 4.46. The fourth-order valence-electron chi connectivity index (χ4n) is 3.11. The number of carbonyl (C=O) groups excluding carboxylic acids is 1. The third-order valence-electron chi connectivity index (χ3n) is 4.83. The minimum atomic E-state index is -3.63. The van der Waals surface area contributed by atoms with Crippen LogP contribution in [0.2, 0.25) is 0 Å². The summed E-state index contributed by atoms with van der Waals surface area (Å²) in [6, 6.07) is 15.2. The molecule has 1 aliphatic rings. The van der Waals surface area contributed by atoms with Crippen molar-refractivity contribution in [1.29, 1.82) is 0 Å². The molecule has 29 heavy (non-hydrogen) atoms. The predicted molar refractivity (Wildman–Crippen MR) is 109 cm³/mol. The molecular formula is C21H22N4O3S. The average molecular weight is 410 g/mol. The van der Waals surface area contributed by atoms with Gasteiger partial charge < -0.3 is 9.88 Å². The SMILES string of the molecule is Cn1ccnc1[C@H](NC(=O)c1cccc(S(=O)(=O)NC2CC2)c1)c1ccccc1. The molecule has 8 heteroatoms. The molecule has 2 N–H and O–H groups in total. The number of sulfonamides is 1. The number of hydrogen-bond donors (Lipinski definition) is 2. The normalized spacial score (nSPS) is 15.1. The number of aromatic nitrogens is 2. The van der Waals surface area contributed by atoms with E-state index in [2.05, 4.69) is 15.0 Å². The smallest absolute Gasteiger partial charge is 0.252 e. The van der Waals surface area contributed by atoms with Gasteiger partial charge in [0, 0.05) is 31.0 Å². The molecule has 0 saturated heterocycles. The van der Waals surface area contributed by atoms with Crippen molar-refractivity contribution in [2.45, 2.75) is 29.8 Å². The van der Waals surface area contributed by atoms with Gasteiger partial charge >= 0.3 is 0 Å². The molecule has 1 heterocycles. The van der Waals surface area contributed by atoms with Gasteiger partial charge in [0.25, 0.3) is 5.91 Å². The third-order valence-corrected chi connectivity index (χ3v) is 6.35. The minimum Gasteiger partial charge on any atom is -0.338 e. The molecule has 1 aromatic heterocycles.